The lowest BCUT2D eigenvalue weighted by atomic mass is 10.3. The number of carboxylic acids is 1. The first kappa shape index (κ1) is 14.4. The summed E-state index contributed by atoms with van der Waals surface area (Å²) in [5, 5.41) is 12.5. The van der Waals surface area contributed by atoms with Crippen molar-refractivity contribution in [2.45, 2.75) is 13.0 Å². The fraction of sp³-hybridized carbons (Fsp3) is 0.200. The van der Waals surface area contributed by atoms with E-state index < -0.39 is 35.4 Å². The zero-order valence-corrected chi connectivity index (χ0v) is 10.7. The quantitative estimate of drug-likeness (QED) is 0.799. The molecule has 0 spiro atoms. The van der Waals surface area contributed by atoms with E-state index in [-0.39, 0.29) is 4.47 Å². The van der Waals surface area contributed by atoms with E-state index in [0.29, 0.717) is 0 Å². The first-order valence-corrected chi connectivity index (χ1v) is 5.55. The van der Waals surface area contributed by atoms with E-state index in [1.54, 1.807) is 0 Å². The van der Waals surface area contributed by atoms with Gasteiger partial charge in [0.2, 0.25) is 0 Å². The third-order valence-corrected chi connectivity index (χ3v) is 2.42. The Hall–Kier alpha value is -1.70. The number of urea groups is 1. The number of aliphatic carboxylic acids is 1. The fourth-order valence-electron chi connectivity index (χ4n) is 1.07. The van der Waals surface area contributed by atoms with Crippen molar-refractivity contribution in [1.29, 1.82) is 0 Å². The number of nitrogens with one attached hydrogen (secondary N) is 2. The van der Waals surface area contributed by atoms with E-state index in [2.05, 4.69) is 15.9 Å². The van der Waals surface area contributed by atoms with Crippen molar-refractivity contribution >= 4 is 33.6 Å². The number of carbonyl (C=O) groups excluding carboxylic acids is 1. The minimum Gasteiger partial charge on any atom is -0.480 e. The first-order chi connectivity index (χ1) is 8.31. The molecule has 0 aliphatic carbocycles. The highest BCUT2D eigenvalue weighted by molar-refractivity contribution is 9.10. The Morgan fingerprint density at radius 2 is 1.83 bits per heavy atom. The molecule has 1 aromatic carbocycles. The van der Waals surface area contributed by atoms with Crippen LogP contribution < -0.4 is 10.6 Å². The second-order valence-electron chi connectivity index (χ2n) is 3.40. The number of benzene rings is 1. The number of halogens is 3. The maximum atomic E-state index is 13.3. The highest BCUT2D eigenvalue weighted by Gasteiger charge is 2.17. The van der Waals surface area contributed by atoms with Crippen molar-refractivity contribution < 1.29 is 23.5 Å². The topological polar surface area (TPSA) is 78.4 Å². The molecule has 1 rings (SSSR count). The standard InChI is InChI=1S/C10H9BrF2N2O3/c1-4(9(16)17)14-10(18)15-8-6(12)2-5(11)3-7(8)13/h2-4H,1H3,(H,16,17)(H2,14,15,18)/t4-/m1/s1. The number of hydrogen-bond donors (Lipinski definition) is 3. The van der Waals surface area contributed by atoms with Crippen LogP contribution in [0.25, 0.3) is 0 Å². The predicted octanol–water partition coefficient (Wildman–Crippen LogP) is 2.32. The summed E-state index contributed by atoms with van der Waals surface area (Å²) >= 11 is 2.89. The minimum absolute atomic E-state index is 0.183. The Morgan fingerprint density at radius 1 is 1.33 bits per heavy atom. The lowest BCUT2D eigenvalue weighted by molar-refractivity contribution is -0.138. The van der Waals surface area contributed by atoms with Crippen LogP contribution in [0.2, 0.25) is 0 Å². The van der Waals surface area contributed by atoms with Gasteiger partial charge in [-0.15, -0.1) is 0 Å². The van der Waals surface area contributed by atoms with E-state index in [1.807, 2.05) is 10.6 Å². The lowest BCUT2D eigenvalue weighted by Gasteiger charge is -2.12. The molecule has 0 aliphatic heterocycles. The minimum atomic E-state index is -1.26. The summed E-state index contributed by atoms with van der Waals surface area (Å²) in [5.41, 5.74) is -0.645. The maximum absolute atomic E-state index is 13.3. The average Bonchev–Trinajstić information content (AvgIpc) is 2.23. The molecule has 5 nitrogen and oxygen atoms in total. The number of anilines is 1. The van der Waals surface area contributed by atoms with Crippen LogP contribution in [0.5, 0.6) is 0 Å². The van der Waals surface area contributed by atoms with Crippen molar-refractivity contribution in [2.75, 3.05) is 5.32 Å². The molecule has 0 radical (unpaired) electrons. The lowest BCUT2D eigenvalue weighted by Crippen LogP contribution is -2.41. The van der Waals surface area contributed by atoms with Crippen molar-refractivity contribution in [1.82, 2.24) is 5.32 Å². The molecule has 0 heterocycles. The van der Waals surface area contributed by atoms with Gasteiger partial charge in [-0.3, -0.25) is 4.79 Å². The Labute approximate surface area is 109 Å². The van der Waals surface area contributed by atoms with Crippen LogP contribution in [0.4, 0.5) is 19.3 Å². The number of amides is 2. The molecular formula is C10H9BrF2N2O3. The Bertz CT molecular complexity index is 473. The van der Waals surface area contributed by atoms with Crippen LogP contribution in [-0.2, 0) is 4.79 Å². The number of hydrogen-bond acceptors (Lipinski definition) is 2. The van der Waals surface area contributed by atoms with Gasteiger partial charge in [0.05, 0.1) is 0 Å². The second-order valence-corrected chi connectivity index (χ2v) is 4.32. The van der Waals surface area contributed by atoms with Crippen LogP contribution in [0, 0.1) is 11.6 Å². The van der Waals surface area contributed by atoms with Gasteiger partial charge in [0.25, 0.3) is 0 Å². The molecule has 3 N–H and O–H groups in total. The Morgan fingerprint density at radius 3 is 2.28 bits per heavy atom. The van der Waals surface area contributed by atoms with Gasteiger partial charge in [-0.2, -0.15) is 0 Å². The van der Waals surface area contributed by atoms with Gasteiger partial charge in [-0.25, -0.2) is 13.6 Å². The third kappa shape index (κ3) is 3.66. The zero-order valence-electron chi connectivity index (χ0n) is 9.13. The third-order valence-electron chi connectivity index (χ3n) is 1.96. The summed E-state index contributed by atoms with van der Waals surface area (Å²) < 4.78 is 26.9. The average molecular weight is 323 g/mol. The van der Waals surface area contributed by atoms with Crippen molar-refractivity contribution in [3.8, 4) is 0 Å². The van der Waals surface area contributed by atoms with Crippen molar-refractivity contribution in [3.05, 3.63) is 28.2 Å². The second kappa shape index (κ2) is 5.76. The first-order valence-electron chi connectivity index (χ1n) is 4.76. The van der Waals surface area contributed by atoms with Gasteiger partial charge in [-0.1, -0.05) is 15.9 Å². The smallest absolute Gasteiger partial charge is 0.325 e. The van der Waals surface area contributed by atoms with Crippen LogP contribution in [-0.4, -0.2) is 23.1 Å². The van der Waals surface area contributed by atoms with Crippen LogP contribution in [0.1, 0.15) is 6.92 Å². The van der Waals surface area contributed by atoms with E-state index in [9.17, 15) is 18.4 Å². The SMILES string of the molecule is C[C@@H](NC(=O)Nc1c(F)cc(Br)cc1F)C(=O)O. The summed E-state index contributed by atoms with van der Waals surface area (Å²) in [6, 6.07) is -0.241. The van der Waals surface area contributed by atoms with Crippen LogP contribution in [0.3, 0.4) is 0 Å². The van der Waals surface area contributed by atoms with Crippen molar-refractivity contribution in [2.24, 2.45) is 0 Å². The van der Waals surface area contributed by atoms with E-state index in [1.165, 1.54) is 6.92 Å². The Balaban J connectivity index is 2.80. The van der Waals surface area contributed by atoms with Crippen LogP contribution in [0.15, 0.2) is 16.6 Å². The van der Waals surface area contributed by atoms with Gasteiger partial charge in [0.15, 0.2) is 11.6 Å². The van der Waals surface area contributed by atoms with E-state index in [0.717, 1.165) is 12.1 Å². The molecule has 0 unspecified atom stereocenters. The van der Waals surface area contributed by atoms with Gasteiger partial charge in [0.1, 0.15) is 11.7 Å². The molecule has 98 valence electrons. The molecule has 0 aliphatic rings. The highest BCUT2D eigenvalue weighted by atomic mass is 79.9. The maximum Gasteiger partial charge on any atom is 0.325 e. The molecular weight excluding hydrogens is 314 g/mol. The molecule has 0 fully saturated rings. The van der Waals surface area contributed by atoms with Gasteiger partial charge >= 0.3 is 12.0 Å². The zero-order chi connectivity index (χ0) is 13.9. The molecule has 0 saturated heterocycles. The van der Waals surface area contributed by atoms with Crippen molar-refractivity contribution in [3.63, 3.8) is 0 Å². The highest BCUT2D eigenvalue weighted by Crippen LogP contribution is 2.23. The summed E-state index contributed by atoms with van der Waals surface area (Å²) in [5.74, 6) is -3.21. The van der Waals surface area contributed by atoms with Gasteiger partial charge < -0.3 is 15.7 Å². The Kier molecular flexibility index (Phi) is 4.60. The predicted molar refractivity (Wildman–Crippen MR) is 63.3 cm³/mol. The van der Waals surface area contributed by atoms with E-state index >= 15 is 0 Å². The normalized spacial score (nSPS) is 11.8. The van der Waals surface area contributed by atoms with E-state index in [4.69, 9.17) is 5.11 Å². The number of carbonyl (C=O) groups is 2. The largest absolute Gasteiger partial charge is 0.480 e. The molecule has 1 aromatic rings. The monoisotopic (exact) mass is 322 g/mol. The molecule has 8 heteroatoms. The van der Waals surface area contributed by atoms with Crippen LogP contribution >= 0.6 is 15.9 Å². The molecule has 0 aromatic heterocycles. The summed E-state index contributed by atoms with van der Waals surface area (Å²) in [4.78, 5) is 21.8. The molecule has 18 heavy (non-hydrogen) atoms. The fourth-order valence-corrected chi connectivity index (χ4v) is 1.47. The van der Waals surface area contributed by atoms with Gasteiger partial charge in [0, 0.05) is 4.47 Å². The van der Waals surface area contributed by atoms with Gasteiger partial charge in [-0.05, 0) is 19.1 Å². The summed E-state index contributed by atoms with van der Waals surface area (Å²) in [6.07, 6.45) is 0. The molecule has 2 amide bonds. The number of rotatable bonds is 3. The molecule has 1 atom stereocenters. The summed E-state index contributed by atoms with van der Waals surface area (Å²) in [6.45, 7) is 1.22. The number of carboxylic acid groups (broad SMARTS) is 1. The summed E-state index contributed by atoms with van der Waals surface area (Å²) in [7, 11) is 0. The molecule has 0 bridgehead atoms. The molecule has 0 saturated carbocycles.